The first-order chi connectivity index (χ1) is 9.45. The van der Waals surface area contributed by atoms with E-state index in [0.717, 1.165) is 17.2 Å². The lowest BCUT2D eigenvalue weighted by atomic mass is 9.98. The molecule has 1 heterocycles. The van der Waals surface area contributed by atoms with Gasteiger partial charge in [-0.1, -0.05) is 12.1 Å². The Bertz CT molecular complexity index is 641. The highest BCUT2D eigenvalue weighted by Gasteiger charge is 2.23. The van der Waals surface area contributed by atoms with Crippen LogP contribution in [-0.4, -0.2) is 12.0 Å². The molecule has 20 heavy (non-hydrogen) atoms. The van der Waals surface area contributed by atoms with Crippen LogP contribution in [0.4, 0.5) is 13.2 Å². The van der Waals surface area contributed by atoms with E-state index in [9.17, 15) is 13.2 Å². The molecule has 1 atom stereocenters. The maximum atomic E-state index is 13.9. The predicted molar refractivity (Wildman–Crippen MR) is 70.9 cm³/mol. The van der Waals surface area contributed by atoms with Crippen LogP contribution >= 0.6 is 0 Å². The third kappa shape index (κ3) is 2.54. The maximum absolute atomic E-state index is 13.9. The highest BCUT2D eigenvalue weighted by molar-refractivity contribution is 5.35. The number of hydrogen-bond acceptors (Lipinski definition) is 2. The predicted octanol–water partition coefficient (Wildman–Crippen LogP) is 3.42. The van der Waals surface area contributed by atoms with E-state index in [1.54, 1.807) is 13.2 Å². The fraction of sp³-hybridized carbons (Fsp3) is 0.267. The molecule has 2 nitrogen and oxygen atoms in total. The minimum Gasteiger partial charge on any atom is -0.308 e. The van der Waals surface area contributed by atoms with E-state index in [0.29, 0.717) is 5.69 Å². The van der Waals surface area contributed by atoms with E-state index in [4.69, 9.17) is 0 Å². The lowest BCUT2D eigenvalue weighted by Crippen LogP contribution is -2.22. The smallest absolute Gasteiger partial charge is 0.194 e. The van der Waals surface area contributed by atoms with Gasteiger partial charge in [-0.25, -0.2) is 13.2 Å². The fourth-order valence-corrected chi connectivity index (χ4v) is 2.23. The molecule has 2 rings (SSSR count). The van der Waals surface area contributed by atoms with Gasteiger partial charge in [-0.15, -0.1) is 0 Å². The van der Waals surface area contributed by atoms with Crippen molar-refractivity contribution in [2.75, 3.05) is 7.05 Å². The largest absolute Gasteiger partial charge is 0.308 e. The number of rotatable bonds is 3. The van der Waals surface area contributed by atoms with Crippen LogP contribution in [0, 0.1) is 31.3 Å². The van der Waals surface area contributed by atoms with Crippen LogP contribution in [0.2, 0.25) is 0 Å². The average molecular weight is 280 g/mol. The molecule has 0 saturated heterocycles. The van der Waals surface area contributed by atoms with Gasteiger partial charge in [-0.2, -0.15) is 0 Å². The van der Waals surface area contributed by atoms with E-state index >= 15 is 0 Å². The molecule has 1 unspecified atom stereocenters. The molecule has 0 amide bonds. The topological polar surface area (TPSA) is 24.9 Å². The Balaban J connectivity index is 2.55. The first-order valence-electron chi connectivity index (χ1n) is 6.19. The van der Waals surface area contributed by atoms with Crippen LogP contribution < -0.4 is 5.32 Å². The summed E-state index contributed by atoms with van der Waals surface area (Å²) in [4.78, 5) is 4.27. The van der Waals surface area contributed by atoms with E-state index in [1.807, 2.05) is 19.9 Å². The molecule has 0 aliphatic rings. The molecule has 106 valence electrons. The molecule has 1 N–H and O–H groups in total. The number of halogens is 3. The van der Waals surface area contributed by atoms with Crippen molar-refractivity contribution in [1.82, 2.24) is 10.3 Å². The van der Waals surface area contributed by atoms with Crippen molar-refractivity contribution in [3.63, 3.8) is 0 Å². The van der Waals surface area contributed by atoms with E-state index in [-0.39, 0.29) is 5.56 Å². The monoisotopic (exact) mass is 280 g/mol. The van der Waals surface area contributed by atoms with Gasteiger partial charge in [-0.3, -0.25) is 4.98 Å². The van der Waals surface area contributed by atoms with Crippen LogP contribution in [-0.2, 0) is 0 Å². The number of benzene rings is 1. The van der Waals surface area contributed by atoms with Crippen LogP contribution in [0.3, 0.4) is 0 Å². The Morgan fingerprint density at radius 3 is 2.40 bits per heavy atom. The molecule has 5 heteroatoms. The van der Waals surface area contributed by atoms with Crippen molar-refractivity contribution in [1.29, 1.82) is 0 Å². The lowest BCUT2D eigenvalue weighted by molar-refractivity contribution is 0.434. The fourth-order valence-electron chi connectivity index (χ4n) is 2.23. The van der Waals surface area contributed by atoms with Gasteiger partial charge in [0.05, 0.1) is 11.7 Å². The molecular weight excluding hydrogens is 265 g/mol. The summed E-state index contributed by atoms with van der Waals surface area (Å²) in [5.41, 5.74) is 2.45. The summed E-state index contributed by atoms with van der Waals surface area (Å²) >= 11 is 0. The molecule has 1 aromatic heterocycles. The molecule has 0 bridgehead atoms. The zero-order chi connectivity index (χ0) is 14.9. The van der Waals surface area contributed by atoms with E-state index in [1.165, 1.54) is 6.07 Å². The minimum atomic E-state index is -1.47. The Morgan fingerprint density at radius 2 is 1.80 bits per heavy atom. The van der Waals surface area contributed by atoms with Crippen LogP contribution in [0.25, 0.3) is 0 Å². The second-order valence-electron chi connectivity index (χ2n) is 4.70. The second-order valence-corrected chi connectivity index (χ2v) is 4.70. The van der Waals surface area contributed by atoms with Crippen molar-refractivity contribution >= 4 is 0 Å². The van der Waals surface area contributed by atoms with Crippen molar-refractivity contribution in [2.45, 2.75) is 19.9 Å². The van der Waals surface area contributed by atoms with Gasteiger partial charge in [-0.05, 0) is 38.1 Å². The molecule has 0 saturated carbocycles. The first kappa shape index (κ1) is 14.5. The summed E-state index contributed by atoms with van der Waals surface area (Å²) < 4.78 is 40.3. The third-order valence-corrected chi connectivity index (χ3v) is 3.19. The molecule has 0 aliphatic carbocycles. The van der Waals surface area contributed by atoms with Crippen molar-refractivity contribution in [3.05, 3.63) is 64.2 Å². The Kier molecular flexibility index (Phi) is 4.09. The second kappa shape index (κ2) is 5.63. The molecule has 0 spiro atoms. The number of aryl methyl sites for hydroxylation is 2. The third-order valence-electron chi connectivity index (χ3n) is 3.19. The average Bonchev–Trinajstić information content (AvgIpc) is 2.41. The molecular formula is C15H15F3N2. The van der Waals surface area contributed by atoms with Gasteiger partial charge in [0.2, 0.25) is 0 Å². The van der Waals surface area contributed by atoms with Crippen LogP contribution in [0.15, 0.2) is 24.4 Å². The van der Waals surface area contributed by atoms with Gasteiger partial charge in [0.1, 0.15) is 0 Å². The highest BCUT2D eigenvalue weighted by atomic mass is 19.2. The van der Waals surface area contributed by atoms with Crippen LogP contribution in [0.5, 0.6) is 0 Å². The number of nitrogens with one attached hydrogen (secondary N) is 1. The Morgan fingerprint density at radius 1 is 1.10 bits per heavy atom. The van der Waals surface area contributed by atoms with Crippen molar-refractivity contribution < 1.29 is 13.2 Å². The van der Waals surface area contributed by atoms with Crippen molar-refractivity contribution in [2.24, 2.45) is 0 Å². The molecule has 0 radical (unpaired) electrons. The zero-order valence-corrected chi connectivity index (χ0v) is 11.5. The highest BCUT2D eigenvalue weighted by Crippen LogP contribution is 2.27. The number of nitrogens with zero attached hydrogens (tertiary/aromatic N) is 1. The summed E-state index contributed by atoms with van der Waals surface area (Å²) in [5.74, 6) is -3.85. The van der Waals surface area contributed by atoms with Gasteiger partial charge in [0.25, 0.3) is 0 Å². The number of aromatic nitrogens is 1. The van der Waals surface area contributed by atoms with Gasteiger partial charge < -0.3 is 5.32 Å². The Hall–Kier alpha value is -1.88. The summed E-state index contributed by atoms with van der Waals surface area (Å²) in [6.45, 7) is 3.74. The molecule has 0 fully saturated rings. The maximum Gasteiger partial charge on any atom is 0.194 e. The summed E-state index contributed by atoms with van der Waals surface area (Å²) in [5, 5.41) is 2.89. The van der Waals surface area contributed by atoms with Gasteiger partial charge in [0, 0.05) is 11.8 Å². The standard InChI is InChI=1S/C15H15F3N2/c1-8-6-9(2)14(20-7-8)15(19-3)10-4-5-11(16)13(18)12(10)17/h4-7,15,19H,1-3H3. The zero-order valence-electron chi connectivity index (χ0n) is 11.5. The number of hydrogen-bond donors (Lipinski definition) is 1. The normalized spacial score (nSPS) is 12.5. The van der Waals surface area contributed by atoms with Crippen molar-refractivity contribution in [3.8, 4) is 0 Å². The minimum absolute atomic E-state index is 0.0332. The SMILES string of the molecule is CNC(c1ccc(F)c(F)c1F)c1ncc(C)cc1C. The summed E-state index contributed by atoms with van der Waals surface area (Å²) in [6, 6.07) is 3.42. The van der Waals surface area contributed by atoms with Crippen LogP contribution in [0.1, 0.15) is 28.4 Å². The molecule has 1 aromatic carbocycles. The summed E-state index contributed by atoms with van der Waals surface area (Å²) in [7, 11) is 1.62. The quantitative estimate of drug-likeness (QED) is 0.871. The van der Waals surface area contributed by atoms with Gasteiger partial charge >= 0.3 is 0 Å². The molecule has 2 aromatic rings. The van der Waals surface area contributed by atoms with Gasteiger partial charge in [0.15, 0.2) is 17.5 Å². The summed E-state index contributed by atoms with van der Waals surface area (Å²) in [6.07, 6.45) is 1.66. The lowest BCUT2D eigenvalue weighted by Gasteiger charge is -2.19. The molecule has 0 aliphatic heterocycles. The Labute approximate surface area is 115 Å². The number of pyridine rings is 1. The van der Waals surface area contributed by atoms with E-state index < -0.39 is 23.5 Å². The first-order valence-corrected chi connectivity index (χ1v) is 6.19. The van der Waals surface area contributed by atoms with E-state index in [2.05, 4.69) is 10.3 Å².